The van der Waals surface area contributed by atoms with Crippen LogP contribution in [0.5, 0.6) is 17.2 Å². The number of carbonyl (C=O) groups excluding carboxylic acids is 2. The highest BCUT2D eigenvalue weighted by Crippen LogP contribution is 2.41. The Morgan fingerprint density at radius 2 is 0.802 bits per heavy atom. The molecule has 8 aromatic carbocycles. The first-order valence-electron chi connectivity index (χ1n) is 28.7. The molecule has 0 radical (unpaired) electrons. The number of rotatable bonds is 27. The van der Waals surface area contributed by atoms with E-state index >= 15 is 4.39 Å². The lowest BCUT2D eigenvalue weighted by Crippen LogP contribution is -2.68. The van der Waals surface area contributed by atoms with E-state index in [4.69, 9.17) is 56.8 Å². The molecule has 15 nitrogen and oxygen atoms in total. The molecule has 86 heavy (non-hydrogen) atoms. The van der Waals surface area contributed by atoms with Crippen molar-refractivity contribution in [1.82, 2.24) is 4.90 Å². The lowest BCUT2D eigenvalue weighted by atomic mass is 9.94. The summed E-state index contributed by atoms with van der Waals surface area (Å²) in [5, 5.41) is 0. The summed E-state index contributed by atoms with van der Waals surface area (Å²) in [4.78, 5) is 31.1. The van der Waals surface area contributed by atoms with Crippen LogP contribution in [-0.2, 0) is 75.7 Å². The van der Waals surface area contributed by atoms with Gasteiger partial charge in [0.2, 0.25) is 12.6 Å². The number of halogens is 1. The standard InChI is InChI=1S/C70H68FNO14/c1-75-53-34-32-52(33-35-53)69(86-65-64(81-44-51-28-16-7-17-29-51)61(79-42-49-24-12-5-13-25-49)58(83-66(65)71)45-77-40-47-20-8-3-9-21-47)85-62-59(46-78-41-48-22-10-4-11-23-48)84-70(82-55-38-36-54(76-2)37-39-55)60(63(62)80-43-50-26-14-6-15-27-50)72-67(73)56-30-18-19-31-57(56)68(72)74/h3-39,58-66,69-70H,40-46H2,1-2H3/t58-,59-,60-,61-,62-,63-,64+,65+,66+,69-,70-/m1/s1. The van der Waals surface area contributed by atoms with Crippen LogP contribution in [0.3, 0.4) is 0 Å². The number of fused-ring (bicyclic) bond motifs is 1. The molecule has 16 heteroatoms. The van der Waals surface area contributed by atoms with Gasteiger partial charge in [0.15, 0.2) is 6.29 Å². The van der Waals surface area contributed by atoms with Crippen LogP contribution in [0.25, 0.3) is 0 Å². The highest BCUT2D eigenvalue weighted by atomic mass is 19.1. The minimum atomic E-state index is -2.16. The quantitative estimate of drug-likeness (QED) is 0.0355. The summed E-state index contributed by atoms with van der Waals surface area (Å²) >= 11 is 0. The average molecular weight is 1170 g/mol. The zero-order valence-electron chi connectivity index (χ0n) is 47.7. The molecule has 11 rings (SSSR count). The van der Waals surface area contributed by atoms with Crippen LogP contribution in [-0.4, -0.2) is 106 Å². The van der Waals surface area contributed by atoms with Crippen LogP contribution >= 0.6 is 0 Å². The lowest BCUT2D eigenvalue weighted by molar-refractivity contribution is -0.348. The van der Waals surface area contributed by atoms with E-state index in [0.29, 0.717) is 22.8 Å². The maximum Gasteiger partial charge on any atom is 0.262 e. The zero-order valence-corrected chi connectivity index (χ0v) is 47.7. The lowest BCUT2D eigenvalue weighted by Gasteiger charge is -2.49. The van der Waals surface area contributed by atoms with Gasteiger partial charge in [-0.3, -0.25) is 14.5 Å². The summed E-state index contributed by atoms with van der Waals surface area (Å²) in [5.74, 6) is 0.231. The Bertz CT molecular complexity index is 3340. The fourth-order valence-corrected chi connectivity index (χ4v) is 10.8. The largest absolute Gasteiger partial charge is 0.497 e. The molecule has 444 valence electrons. The minimum Gasteiger partial charge on any atom is -0.497 e. The molecule has 0 saturated carbocycles. The Morgan fingerprint density at radius 1 is 0.419 bits per heavy atom. The highest BCUT2D eigenvalue weighted by molar-refractivity contribution is 6.21. The van der Waals surface area contributed by atoms with Crippen molar-refractivity contribution in [1.29, 1.82) is 0 Å². The van der Waals surface area contributed by atoms with Crippen molar-refractivity contribution >= 4 is 11.8 Å². The third-order valence-electron chi connectivity index (χ3n) is 15.2. The summed E-state index contributed by atoms with van der Waals surface area (Å²) in [6.45, 7) is 0.315. The van der Waals surface area contributed by atoms with Crippen LogP contribution in [0.15, 0.2) is 224 Å². The predicted molar refractivity (Wildman–Crippen MR) is 316 cm³/mol. The van der Waals surface area contributed by atoms with Crippen LogP contribution in [0.1, 0.15) is 60.4 Å². The topological polar surface area (TPSA) is 148 Å². The Morgan fingerprint density at radius 3 is 1.27 bits per heavy atom. The second kappa shape index (κ2) is 29.3. The number of methoxy groups -OCH3 is 2. The molecule has 0 bridgehead atoms. The van der Waals surface area contributed by atoms with Gasteiger partial charge >= 0.3 is 0 Å². The summed E-state index contributed by atoms with van der Waals surface area (Å²) in [7, 11) is 3.11. The van der Waals surface area contributed by atoms with Crippen molar-refractivity contribution in [2.45, 2.75) is 101 Å². The number of ether oxygens (including phenoxy) is 12. The molecule has 0 aromatic heterocycles. The normalized spacial score (nSPS) is 23.1. The van der Waals surface area contributed by atoms with Crippen molar-refractivity contribution in [2.24, 2.45) is 0 Å². The van der Waals surface area contributed by atoms with Crippen molar-refractivity contribution in [3.05, 3.63) is 269 Å². The van der Waals surface area contributed by atoms with Gasteiger partial charge in [-0.15, -0.1) is 0 Å². The van der Waals surface area contributed by atoms with Crippen molar-refractivity contribution in [3.8, 4) is 17.2 Å². The second-order valence-electron chi connectivity index (χ2n) is 21.0. The number of carbonyl (C=O) groups is 2. The van der Waals surface area contributed by atoms with E-state index in [0.717, 1.165) is 32.7 Å². The Kier molecular flexibility index (Phi) is 20.3. The van der Waals surface area contributed by atoms with E-state index in [-0.39, 0.29) is 57.4 Å². The molecule has 3 aliphatic heterocycles. The van der Waals surface area contributed by atoms with Crippen LogP contribution in [0.4, 0.5) is 4.39 Å². The number of nitrogens with zero attached hydrogens (tertiary/aromatic N) is 1. The number of hydrogen-bond acceptors (Lipinski definition) is 14. The third-order valence-corrected chi connectivity index (χ3v) is 15.2. The number of benzene rings is 8. The van der Waals surface area contributed by atoms with Gasteiger partial charge in [-0.25, -0.2) is 4.39 Å². The fraction of sp³-hybridized carbons (Fsp3) is 0.286. The van der Waals surface area contributed by atoms with Gasteiger partial charge < -0.3 is 56.8 Å². The van der Waals surface area contributed by atoms with E-state index in [1.165, 1.54) is 0 Å². The summed E-state index contributed by atoms with van der Waals surface area (Å²) in [6, 6.07) is 67.0. The second-order valence-corrected chi connectivity index (χ2v) is 21.0. The first-order chi connectivity index (χ1) is 42.3. The number of amides is 2. The van der Waals surface area contributed by atoms with Crippen LogP contribution in [0, 0.1) is 0 Å². The Balaban J connectivity index is 1.02. The smallest absolute Gasteiger partial charge is 0.262 e. The summed E-state index contributed by atoms with van der Waals surface area (Å²) < 4.78 is 97.6. The van der Waals surface area contributed by atoms with Crippen molar-refractivity contribution < 1.29 is 70.8 Å². The molecule has 2 amide bonds. The van der Waals surface area contributed by atoms with Gasteiger partial charge in [0.05, 0.1) is 71.6 Å². The number of imide groups is 1. The Labute approximate surface area is 499 Å². The molecule has 8 aromatic rings. The van der Waals surface area contributed by atoms with Gasteiger partial charge in [-0.2, -0.15) is 0 Å². The van der Waals surface area contributed by atoms with Crippen LogP contribution in [0.2, 0.25) is 0 Å². The molecule has 0 N–H and O–H groups in total. The molecular formula is C70H68FNO14. The predicted octanol–water partition coefficient (Wildman–Crippen LogP) is 11.8. The maximum atomic E-state index is 17.9. The van der Waals surface area contributed by atoms with E-state index in [2.05, 4.69) is 0 Å². The molecule has 11 atom stereocenters. The Hall–Kier alpha value is -8.13. The van der Waals surface area contributed by atoms with E-state index in [1.807, 2.05) is 152 Å². The summed E-state index contributed by atoms with van der Waals surface area (Å²) in [6.07, 6.45) is -13.5. The third kappa shape index (κ3) is 14.7. The molecule has 3 aliphatic rings. The molecular weight excluding hydrogens is 1100 g/mol. The van der Waals surface area contributed by atoms with Gasteiger partial charge in [-0.05, 0) is 76.3 Å². The van der Waals surface area contributed by atoms with Crippen LogP contribution < -0.4 is 14.2 Å². The zero-order chi connectivity index (χ0) is 59.0. The van der Waals surface area contributed by atoms with Gasteiger partial charge in [-0.1, -0.05) is 176 Å². The molecule has 0 aliphatic carbocycles. The maximum absolute atomic E-state index is 17.9. The molecule has 3 heterocycles. The first kappa shape index (κ1) is 59.6. The highest BCUT2D eigenvalue weighted by Gasteiger charge is 2.57. The first-order valence-corrected chi connectivity index (χ1v) is 28.7. The van der Waals surface area contributed by atoms with E-state index in [1.54, 1.807) is 87.0 Å². The molecule has 0 unspecified atom stereocenters. The van der Waals surface area contributed by atoms with Crippen molar-refractivity contribution in [2.75, 3.05) is 27.4 Å². The number of hydrogen-bond donors (Lipinski definition) is 0. The van der Waals surface area contributed by atoms with Crippen molar-refractivity contribution in [3.63, 3.8) is 0 Å². The minimum absolute atomic E-state index is 0.0292. The van der Waals surface area contributed by atoms with E-state index < -0.39 is 79.5 Å². The number of alkyl halides is 1. The van der Waals surface area contributed by atoms with Gasteiger partial charge in [0.25, 0.3) is 11.8 Å². The average Bonchev–Trinajstić information content (AvgIpc) is 1.98. The molecule has 2 saturated heterocycles. The molecule has 0 spiro atoms. The molecule has 2 fully saturated rings. The van der Waals surface area contributed by atoms with Gasteiger partial charge in [0.1, 0.15) is 66.0 Å². The monoisotopic (exact) mass is 1170 g/mol. The summed E-state index contributed by atoms with van der Waals surface area (Å²) in [5.41, 5.74) is 5.04. The fourth-order valence-electron chi connectivity index (χ4n) is 10.8. The SMILES string of the molecule is COc1ccc(O[C@@H]2O[C@H](COCc3ccccc3)[C@@H](O[C@H](O[C@H]3[C@@H](OCc4ccccc4)[C@H](OCc4ccccc4)[C@@H](COCc4ccccc4)O[C@@H]3F)c3ccc(OC)cc3)[C@H](OCc3ccccc3)[C@H]2N2C(=O)c3ccccc3C2=O)cc1. The van der Waals surface area contributed by atoms with Gasteiger partial charge in [0, 0.05) is 5.56 Å². The van der Waals surface area contributed by atoms with E-state index in [9.17, 15) is 9.59 Å².